The highest BCUT2D eigenvalue weighted by Crippen LogP contribution is 2.39. The molecule has 2 unspecified atom stereocenters. The summed E-state index contributed by atoms with van der Waals surface area (Å²) in [6.45, 7) is 3.26. The Morgan fingerprint density at radius 2 is 1.30 bits per heavy atom. The molecule has 0 fully saturated rings. The van der Waals surface area contributed by atoms with Crippen LogP contribution in [0.15, 0.2) is 0 Å². The van der Waals surface area contributed by atoms with E-state index in [-0.39, 0.29) is 19.8 Å². The number of phosphoric acid groups is 1. The van der Waals surface area contributed by atoms with E-state index in [0.717, 1.165) is 12.8 Å². The second kappa shape index (κ2) is 23.2. The fourth-order valence-corrected chi connectivity index (χ4v) is 4.81. The van der Waals surface area contributed by atoms with Crippen LogP contribution in [-0.4, -0.2) is 70.7 Å². The van der Waals surface area contributed by atoms with E-state index < -0.39 is 20.0 Å². The van der Waals surface area contributed by atoms with Crippen LogP contribution in [0.2, 0.25) is 0 Å². The van der Waals surface area contributed by atoms with Crippen molar-refractivity contribution in [1.82, 2.24) is 5.32 Å². The molecular weight excluding hydrogens is 493 g/mol. The summed E-state index contributed by atoms with van der Waals surface area (Å²) in [5.74, 6) is 0. The predicted molar refractivity (Wildman–Crippen MR) is 149 cm³/mol. The third kappa shape index (κ3) is 28.1. The van der Waals surface area contributed by atoms with Crippen molar-refractivity contribution in [3.05, 3.63) is 0 Å². The highest BCUT2D eigenvalue weighted by atomic mass is 31.2. The Kier molecular flexibility index (Phi) is 22.8. The summed E-state index contributed by atoms with van der Waals surface area (Å²) in [6, 6.07) is -0.752. The Bertz CT molecular complexity index is 589. The molecule has 37 heavy (non-hydrogen) atoms. The van der Waals surface area contributed by atoms with Crippen LogP contribution in [0.25, 0.3) is 0 Å². The van der Waals surface area contributed by atoms with Crippen molar-refractivity contribution in [3.63, 3.8) is 0 Å². The van der Waals surface area contributed by atoms with Crippen LogP contribution in [0.5, 0.6) is 0 Å². The van der Waals surface area contributed by atoms with Gasteiger partial charge in [0.05, 0.1) is 27.7 Å². The lowest BCUT2D eigenvalue weighted by atomic mass is 10.0. The number of nitrogens with two attached hydrogens (primary N) is 1. The van der Waals surface area contributed by atoms with Gasteiger partial charge in [-0.05, 0) is 6.42 Å². The molecule has 0 aliphatic heterocycles. The Balaban J connectivity index is 3.79. The Labute approximate surface area is 227 Å². The molecule has 0 aliphatic rings. The smallest absolute Gasteiger partial charge is 0.312 e. The van der Waals surface area contributed by atoms with Crippen LogP contribution in [0.1, 0.15) is 110 Å². The molecule has 2 amide bonds. The first kappa shape index (κ1) is 36.3. The number of hydrogen-bond donors (Lipinski definition) is 2. The number of quaternary nitrogens is 1. The summed E-state index contributed by atoms with van der Waals surface area (Å²) in [5, 5.41) is 2.37. The number of rotatable bonds is 27. The molecule has 0 saturated heterocycles. The number of nitrogens with one attached hydrogen (secondary N) is 1. The fourth-order valence-electron chi connectivity index (χ4n) is 3.95. The van der Waals surface area contributed by atoms with Crippen molar-refractivity contribution >= 4 is 13.9 Å². The molecule has 0 bridgehead atoms. The summed E-state index contributed by atoms with van der Waals surface area (Å²) < 4.78 is 28.4. The summed E-state index contributed by atoms with van der Waals surface area (Å²) in [6.07, 6.45) is 20.0. The molecule has 3 N–H and O–H groups in total. The lowest BCUT2D eigenvalue weighted by Crippen LogP contribution is -2.40. The van der Waals surface area contributed by atoms with E-state index in [2.05, 4.69) is 12.2 Å². The Morgan fingerprint density at radius 3 is 1.73 bits per heavy atom. The van der Waals surface area contributed by atoms with Crippen LogP contribution in [-0.2, 0) is 18.3 Å². The number of carbonyl (C=O) groups is 1. The Hall–Kier alpha value is -0.700. The van der Waals surface area contributed by atoms with Crippen molar-refractivity contribution in [2.45, 2.75) is 116 Å². The maximum atomic E-state index is 12.1. The van der Waals surface area contributed by atoms with Gasteiger partial charge in [0.2, 0.25) is 0 Å². The number of ether oxygens (including phenoxy) is 1. The number of nitrogens with zero attached hydrogens (tertiary/aromatic N) is 1. The van der Waals surface area contributed by atoms with E-state index in [0.29, 0.717) is 17.6 Å². The number of primary amides is 1. The molecular formula is C27H58N3O6P. The van der Waals surface area contributed by atoms with Crippen LogP contribution < -0.4 is 15.9 Å². The standard InChI is InChI=1S/C27H58N3O6P/c1-5-6-7-8-9-10-11-12-13-14-15-16-17-18-19-20-22-34-25-26(24-29-27(28)31)36-37(32,33)35-23-21-30(2,3)4/h26H,5-25H2,1-4H3,(H3-,28,29,31,32,33). The summed E-state index contributed by atoms with van der Waals surface area (Å²) in [7, 11) is 1.29. The number of likely N-dealkylation sites (N-methyl/N-ethyl adjacent to an activating group) is 1. The number of phosphoric ester groups is 1. The topological polar surface area (TPSA) is 123 Å². The summed E-state index contributed by atoms with van der Waals surface area (Å²) in [5.41, 5.74) is 5.10. The van der Waals surface area contributed by atoms with Crippen LogP contribution >= 0.6 is 7.82 Å². The second-order valence-corrected chi connectivity index (χ2v) is 12.5. The molecule has 222 valence electrons. The Morgan fingerprint density at radius 1 is 0.838 bits per heavy atom. The number of amides is 2. The predicted octanol–water partition coefficient (Wildman–Crippen LogP) is 5.51. The van der Waals surface area contributed by atoms with Gasteiger partial charge in [-0.2, -0.15) is 0 Å². The van der Waals surface area contributed by atoms with Crippen molar-refractivity contribution in [3.8, 4) is 0 Å². The van der Waals surface area contributed by atoms with Gasteiger partial charge in [0.25, 0.3) is 7.82 Å². The van der Waals surface area contributed by atoms with Crippen molar-refractivity contribution < 1.29 is 32.5 Å². The number of unbranched alkanes of at least 4 members (excludes halogenated alkanes) is 15. The molecule has 0 saturated carbocycles. The minimum atomic E-state index is -4.52. The third-order valence-corrected chi connectivity index (χ3v) is 7.29. The van der Waals surface area contributed by atoms with Gasteiger partial charge in [-0.1, -0.05) is 103 Å². The molecule has 0 aromatic heterocycles. The van der Waals surface area contributed by atoms with Gasteiger partial charge in [-0.25, -0.2) is 4.79 Å². The molecule has 2 atom stereocenters. The van der Waals surface area contributed by atoms with Crippen LogP contribution in [0.4, 0.5) is 4.79 Å². The maximum Gasteiger partial charge on any atom is 0.312 e. The second-order valence-electron chi connectivity index (χ2n) is 11.1. The third-order valence-electron chi connectivity index (χ3n) is 6.24. The van der Waals surface area contributed by atoms with Crippen LogP contribution in [0, 0.1) is 0 Å². The monoisotopic (exact) mass is 551 g/mol. The van der Waals surface area contributed by atoms with E-state index in [1.165, 1.54) is 89.9 Å². The van der Waals surface area contributed by atoms with E-state index in [1.807, 2.05) is 21.1 Å². The number of carbonyl (C=O) groups excluding carboxylic acids is 1. The molecule has 0 heterocycles. The van der Waals surface area contributed by atoms with Gasteiger partial charge in [0.15, 0.2) is 0 Å². The summed E-state index contributed by atoms with van der Waals surface area (Å²) >= 11 is 0. The highest BCUT2D eigenvalue weighted by molar-refractivity contribution is 7.45. The SMILES string of the molecule is CCCCCCCCCCCCCCCCCCOCC(CNC(N)=O)OP(=O)([O-])OCC[N+](C)(C)C. The maximum absolute atomic E-state index is 12.1. The zero-order chi connectivity index (χ0) is 27.8. The van der Waals surface area contributed by atoms with Crippen molar-refractivity contribution in [2.24, 2.45) is 5.73 Å². The molecule has 10 heteroatoms. The highest BCUT2D eigenvalue weighted by Gasteiger charge is 2.20. The van der Waals surface area contributed by atoms with Gasteiger partial charge in [0, 0.05) is 13.2 Å². The first-order valence-corrected chi connectivity index (χ1v) is 16.1. The number of hydrogen-bond acceptors (Lipinski definition) is 6. The van der Waals surface area contributed by atoms with E-state index >= 15 is 0 Å². The average Bonchev–Trinajstić information content (AvgIpc) is 2.80. The molecule has 0 radical (unpaired) electrons. The van der Waals surface area contributed by atoms with Gasteiger partial charge >= 0.3 is 6.03 Å². The van der Waals surface area contributed by atoms with Gasteiger partial charge in [0.1, 0.15) is 19.3 Å². The summed E-state index contributed by atoms with van der Waals surface area (Å²) in [4.78, 5) is 23.2. The first-order valence-electron chi connectivity index (χ1n) is 14.6. The van der Waals surface area contributed by atoms with Crippen LogP contribution in [0.3, 0.4) is 0 Å². The van der Waals surface area contributed by atoms with Gasteiger partial charge in [-0.15, -0.1) is 0 Å². The lowest BCUT2D eigenvalue weighted by Gasteiger charge is -2.30. The quantitative estimate of drug-likeness (QED) is 0.0788. The molecule has 0 aromatic rings. The zero-order valence-electron chi connectivity index (χ0n) is 24.3. The molecule has 0 aromatic carbocycles. The molecule has 0 rings (SSSR count). The van der Waals surface area contributed by atoms with E-state index in [4.69, 9.17) is 19.5 Å². The molecule has 9 nitrogen and oxygen atoms in total. The molecule has 0 aliphatic carbocycles. The van der Waals surface area contributed by atoms with Crippen molar-refractivity contribution in [1.29, 1.82) is 0 Å². The first-order chi connectivity index (χ1) is 17.6. The minimum absolute atomic E-state index is 0.0142. The van der Waals surface area contributed by atoms with Crippen molar-refractivity contribution in [2.75, 3.05) is 54.1 Å². The minimum Gasteiger partial charge on any atom is -0.756 e. The van der Waals surface area contributed by atoms with Gasteiger partial charge in [-0.3, -0.25) is 4.57 Å². The van der Waals surface area contributed by atoms with Gasteiger partial charge < -0.3 is 34.2 Å². The molecule has 0 spiro atoms. The fraction of sp³-hybridized carbons (Fsp3) is 0.963. The normalized spacial score (nSPS) is 14.4. The zero-order valence-corrected chi connectivity index (χ0v) is 25.2. The number of urea groups is 1. The largest absolute Gasteiger partial charge is 0.756 e. The average molecular weight is 552 g/mol. The van der Waals surface area contributed by atoms with E-state index in [1.54, 1.807) is 0 Å². The van der Waals surface area contributed by atoms with E-state index in [9.17, 15) is 14.3 Å². The lowest BCUT2D eigenvalue weighted by molar-refractivity contribution is -0.870.